The van der Waals surface area contributed by atoms with Crippen LogP contribution < -0.4 is 9.47 Å². The Balaban J connectivity index is 1.53. The number of ether oxygens (including phenoxy) is 6. The van der Waals surface area contributed by atoms with Crippen molar-refractivity contribution in [1.29, 1.82) is 0 Å². The Hall–Kier alpha value is -3.22. The molecule has 0 spiro atoms. The number of allylic oxidation sites excluding steroid dienone is 1. The van der Waals surface area contributed by atoms with Crippen molar-refractivity contribution in [3.63, 3.8) is 0 Å². The number of hydrogen-bond donors (Lipinski definition) is 3. The summed E-state index contributed by atoms with van der Waals surface area (Å²) in [6, 6.07) is 5.09. The minimum absolute atomic E-state index is 0.114. The average Bonchev–Trinajstić information content (AvgIpc) is 3.24. The van der Waals surface area contributed by atoms with Crippen molar-refractivity contribution in [2.45, 2.75) is 57.1 Å². The van der Waals surface area contributed by atoms with Crippen molar-refractivity contribution in [2.75, 3.05) is 27.4 Å². The number of hydrogen-bond acceptors (Lipinski definition) is 11. The molecule has 2 heterocycles. The summed E-state index contributed by atoms with van der Waals surface area (Å²) in [5, 5.41) is 30.8. The van der Waals surface area contributed by atoms with Crippen molar-refractivity contribution >= 4 is 18.0 Å². The number of aliphatic hydroxyl groups excluding tert-OH is 3. The van der Waals surface area contributed by atoms with Gasteiger partial charge in [-0.1, -0.05) is 11.6 Å². The van der Waals surface area contributed by atoms with E-state index in [1.165, 1.54) is 32.4 Å². The highest BCUT2D eigenvalue weighted by Gasteiger charge is 2.44. The monoisotopic (exact) mass is 534 g/mol. The zero-order valence-corrected chi connectivity index (χ0v) is 21.7. The van der Waals surface area contributed by atoms with Crippen LogP contribution in [0.4, 0.5) is 0 Å². The third kappa shape index (κ3) is 7.65. The lowest BCUT2D eigenvalue weighted by Gasteiger charge is -2.39. The van der Waals surface area contributed by atoms with E-state index in [1.807, 2.05) is 19.9 Å². The van der Waals surface area contributed by atoms with Crippen LogP contribution in [-0.4, -0.2) is 91.5 Å². The van der Waals surface area contributed by atoms with E-state index in [0.717, 1.165) is 5.57 Å². The lowest BCUT2D eigenvalue weighted by atomic mass is 9.99. The van der Waals surface area contributed by atoms with Crippen molar-refractivity contribution < 1.29 is 53.3 Å². The molecule has 2 fully saturated rings. The summed E-state index contributed by atoms with van der Waals surface area (Å²) in [5.41, 5.74) is 2.10. The van der Waals surface area contributed by atoms with E-state index in [4.69, 9.17) is 28.4 Å². The maximum atomic E-state index is 12.2. The first-order valence-corrected chi connectivity index (χ1v) is 12.1. The van der Waals surface area contributed by atoms with Crippen LogP contribution in [-0.2, 0) is 28.5 Å². The van der Waals surface area contributed by atoms with E-state index in [0.29, 0.717) is 29.1 Å². The summed E-state index contributed by atoms with van der Waals surface area (Å²) in [4.78, 5) is 24.2. The fourth-order valence-electron chi connectivity index (χ4n) is 3.95. The van der Waals surface area contributed by atoms with Gasteiger partial charge in [0.05, 0.1) is 20.8 Å². The zero-order valence-electron chi connectivity index (χ0n) is 21.7. The van der Waals surface area contributed by atoms with Crippen LogP contribution in [0.25, 0.3) is 6.08 Å². The molecular formula is C27H34O11. The second-order valence-corrected chi connectivity index (χ2v) is 9.05. The number of carbonyl (C=O) groups is 2. The highest BCUT2D eigenvalue weighted by Crippen LogP contribution is 2.28. The summed E-state index contributed by atoms with van der Waals surface area (Å²) in [6.07, 6.45) is -1.08. The van der Waals surface area contributed by atoms with Crippen LogP contribution >= 0.6 is 0 Å². The molecule has 2 saturated heterocycles. The van der Waals surface area contributed by atoms with Gasteiger partial charge in [0.25, 0.3) is 0 Å². The first-order chi connectivity index (χ1) is 18.1. The quantitative estimate of drug-likeness (QED) is 0.226. The molecule has 3 N–H and O–H groups in total. The topological polar surface area (TPSA) is 150 Å². The fourth-order valence-corrected chi connectivity index (χ4v) is 3.95. The Bertz CT molecular complexity index is 1070. The Morgan fingerprint density at radius 2 is 1.82 bits per heavy atom. The molecule has 0 aromatic heterocycles. The largest absolute Gasteiger partial charge is 0.493 e. The lowest BCUT2D eigenvalue weighted by molar-refractivity contribution is -0.299. The molecule has 2 aliphatic rings. The molecule has 0 amide bonds. The Morgan fingerprint density at radius 3 is 2.50 bits per heavy atom. The Morgan fingerprint density at radius 1 is 1.08 bits per heavy atom. The van der Waals surface area contributed by atoms with Gasteiger partial charge < -0.3 is 43.7 Å². The summed E-state index contributed by atoms with van der Waals surface area (Å²) in [7, 11) is 3.01. The minimum atomic E-state index is -1.61. The van der Waals surface area contributed by atoms with Gasteiger partial charge in [-0.25, -0.2) is 9.59 Å². The first kappa shape index (κ1) is 29.3. The third-order valence-corrected chi connectivity index (χ3v) is 5.93. The number of rotatable bonds is 10. The molecule has 0 radical (unpaired) electrons. The fraction of sp³-hybridized carbons (Fsp3) is 0.481. The van der Waals surface area contributed by atoms with Gasteiger partial charge in [0.15, 0.2) is 17.8 Å². The van der Waals surface area contributed by atoms with E-state index < -0.39 is 49.3 Å². The molecule has 1 aromatic carbocycles. The SMILES string of the molecule is COc1ccc(C=CC(=O)OC[C@@H]2O[C@H](OCC=C3C[C@@H](C=C(C)C)OC3=O)[C@@H](O)[C@H](O)[C@H]2O)cc1OC. The molecule has 2 aliphatic heterocycles. The van der Waals surface area contributed by atoms with Crippen LogP contribution in [0.3, 0.4) is 0 Å². The van der Waals surface area contributed by atoms with Gasteiger partial charge >= 0.3 is 11.9 Å². The number of carbonyl (C=O) groups excluding carboxylic acids is 2. The molecule has 6 atom stereocenters. The van der Waals surface area contributed by atoms with E-state index in [9.17, 15) is 24.9 Å². The zero-order chi connectivity index (χ0) is 27.8. The highest BCUT2D eigenvalue weighted by atomic mass is 16.7. The molecular weight excluding hydrogens is 500 g/mol. The lowest BCUT2D eigenvalue weighted by Crippen LogP contribution is -2.59. The predicted molar refractivity (Wildman–Crippen MR) is 134 cm³/mol. The van der Waals surface area contributed by atoms with Gasteiger partial charge in [-0.15, -0.1) is 0 Å². The van der Waals surface area contributed by atoms with Crippen LogP contribution in [0.2, 0.25) is 0 Å². The molecule has 38 heavy (non-hydrogen) atoms. The van der Waals surface area contributed by atoms with E-state index in [-0.39, 0.29) is 12.7 Å². The summed E-state index contributed by atoms with van der Waals surface area (Å²) in [6.45, 7) is 3.29. The summed E-state index contributed by atoms with van der Waals surface area (Å²) >= 11 is 0. The Labute approximate surface area is 220 Å². The molecule has 0 bridgehead atoms. The van der Waals surface area contributed by atoms with Crippen LogP contribution in [0.1, 0.15) is 25.8 Å². The van der Waals surface area contributed by atoms with Gasteiger partial charge in [0, 0.05) is 18.1 Å². The maximum Gasteiger partial charge on any atom is 0.334 e. The van der Waals surface area contributed by atoms with Gasteiger partial charge in [-0.3, -0.25) is 0 Å². The van der Waals surface area contributed by atoms with Crippen molar-refractivity contribution in [3.05, 3.63) is 53.1 Å². The number of benzene rings is 1. The molecule has 0 unspecified atom stereocenters. The average molecular weight is 535 g/mol. The van der Waals surface area contributed by atoms with E-state index in [1.54, 1.807) is 18.2 Å². The summed E-state index contributed by atoms with van der Waals surface area (Å²) in [5.74, 6) is -0.138. The van der Waals surface area contributed by atoms with Crippen LogP contribution in [0.15, 0.2) is 47.6 Å². The maximum absolute atomic E-state index is 12.2. The van der Waals surface area contributed by atoms with E-state index >= 15 is 0 Å². The molecule has 11 nitrogen and oxygen atoms in total. The number of cyclic esters (lactones) is 1. The second kappa shape index (κ2) is 13.5. The van der Waals surface area contributed by atoms with Gasteiger partial charge in [0.2, 0.25) is 0 Å². The molecule has 0 aliphatic carbocycles. The van der Waals surface area contributed by atoms with Gasteiger partial charge in [-0.05, 0) is 49.8 Å². The van der Waals surface area contributed by atoms with Crippen LogP contribution in [0, 0.1) is 0 Å². The molecule has 208 valence electrons. The van der Waals surface area contributed by atoms with Crippen molar-refractivity contribution in [2.24, 2.45) is 0 Å². The van der Waals surface area contributed by atoms with Crippen molar-refractivity contribution in [1.82, 2.24) is 0 Å². The molecule has 3 rings (SSSR count). The first-order valence-electron chi connectivity index (χ1n) is 12.1. The number of methoxy groups -OCH3 is 2. The number of esters is 2. The third-order valence-electron chi connectivity index (χ3n) is 5.93. The standard InChI is InChI=1S/C27H34O11/c1-15(2)11-18-13-17(26(32)37-18)9-10-35-27-25(31)24(30)23(29)21(38-27)14-36-22(28)8-6-16-5-7-19(33-3)20(12-16)34-4/h5-9,11-12,18,21,23-25,27,29-31H,10,13-14H2,1-4H3/t18-,21+,23+,24-,25+,27+/m1/s1. The van der Waals surface area contributed by atoms with Gasteiger partial charge in [-0.2, -0.15) is 0 Å². The molecule has 0 saturated carbocycles. The molecule has 11 heteroatoms. The molecule has 1 aromatic rings. The van der Waals surface area contributed by atoms with Crippen molar-refractivity contribution in [3.8, 4) is 11.5 Å². The number of aliphatic hydroxyl groups is 3. The minimum Gasteiger partial charge on any atom is -0.493 e. The smallest absolute Gasteiger partial charge is 0.334 e. The second-order valence-electron chi connectivity index (χ2n) is 9.05. The summed E-state index contributed by atoms with van der Waals surface area (Å²) < 4.78 is 31.9. The van der Waals surface area contributed by atoms with Gasteiger partial charge in [0.1, 0.15) is 37.1 Å². The van der Waals surface area contributed by atoms with E-state index in [2.05, 4.69) is 0 Å². The van der Waals surface area contributed by atoms with Crippen LogP contribution in [0.5, 0.6) is 11.5 Å². The highest BCUT2D eigenvalue weighted by molar-refractivity contribution is 5.91. The predicted octanol–water partition coefficient (Wildman–Crippen LogP) is 1.29. The normalized spacial score (nSPS) is 28.3. The Kier molecular flexibility index (Phi) is 10.5.